The maximum absolute atomic E-state index is 8.89. The van der Waals surface area contributed by atoms with Crippen LogP contribution in [0.4, 0.5) is 0 Å². The van der Waals surface area contributed by atoms with E-state index in [0.29, 0.717) is 13.1 Å². The van der Waals surface area contributed by atoms with E-state index in [1.54, 1.807) is 0 Å². The Morgan fingerprint density at radius 1 is 1.00 bits per heavy atom. The third-order valence-electron chi connectivity index (χ3n) is 0.577. The number of carboxylic acid groups (broad SMARTS) is 2. The van der Waals surface area contributed by atoms with Crippen molar-refractivity contribution >= 4 is 11.9 Å². The van der Waals surface area contributed by atoms with Crippen molar-refractivity contribution in [3.8, 4) is 0 Å². The Bertz CT molecular complexity index is 131. The fraction of sp³-hybridized carbons (Fsp3) is 0.750. The molecule has 3 N–H and O–H groups in total. The van der Waals surface area contributed by atoms with Gasteiger partial charge in [-0.05, 0) is 13.8 Å². The summed E-state index contributed by atoms with van der Waals surface area (Å²) in [6.07, 6.45) is 0. The summed E-state index contributed by atoms with van der Waals surface area (Å²) >= 11 is 0. The molecule has 0 aromatic rings. The van der Waals surface area contributed by atoms with Gasteiger partial charge in [0, 0.05) is 25.0 Å². The maximum Gasteiger partial charge on any atom is 2.00 e. The first-order chi connectivity index (χ1) is 6.88. The molecule has 7 nitrogen and oxygen atoms in total. The van der Waals surface area contributed by atoms with Crippen molar-refractivity contribution in [3.05, 3.63) is 0 Å². The number of aliphatic hydroxyl groups is 2. The summed E-state index contributed by atoms with van der Waals surface area (Å²) in [7, 11) is 0. The Kier molecular flexibility index (Phi) is 36.6. The number of hydrogen-bond donors (Lipinski definition) is 3. The molecule has 0 rings (SSSR count). The molecule has 0 saturated carbocycles. The van der Waals surface area contributed by atoms with Crippen LogP contribution in [0.3, 0.4) is 0 Å². The number of aliphatic carboxylic acids is 2. The monoisotopic (exact) mass is 286 g/mol. The number of carbonyl (C=O) groups is 2. The zero-order valence-corrected chi connectivity index (χ0v) is 10.1. The van der Waals surface area contributed by atoms with E-state index in [-0.39, 0.29) is 30.3 Å². The Hall–Kier alpha value is -0.661. The quantitative estimate of drug-likeness (QED) is 0.355. The average molecular weight is 287 g/mol. The third-order valence-corrected chi connectivity index (χ3v) is 0.577. The summed E-state index contributed by atoms with van der Waals surface area (Å²) in [5.41, 5.74) is 0. The first kappa shape index (κ1) is 24.5. The second kappa shape index (κ2) is 23.9. The minimum absolute atomic E-state index is 0. The smallest absolute Gasteiger partial charge is 0.550 e. The van der Waals surface area contributed by atoms with Gasteiger partial charge in [0.1, 0.15) is 0 Å². The van der Waals surface area contributed by atoms with Gasteiger partial charge in [0.15, 0.2) is 0 Å². The van der Waals surface area contributed by atoms with Crippen LogP contribution in [-0.4, -0.2) is 48.5 Å². The van der Waals surface area contributed by atoms with Crippen LogP contribution in [0.5, 0.6) is 0 Å². The van der Waals surface area contributed by atoms with Crippen LogP contribution in [0.1, 0.15) is 13.8 Å². The fourth-order valence-corrected chi connectivity index (χ4v) is 0.283. The summed E-state index contributed by atoms with van der Waals surface area (Å²) in [5, 5.41) is 36.9. The molecule has 0 aliphatic rings. The van der Waals surface area contributed by atoms with E-state index in [0.717, 1.165) is 13.8 Å². The van der Waals surface area contributed by atoms with Crippen LogP contribution in [-0.2, 0) is 26.7 Å². The molecule has 16 heavy (non-hydrogen) atoms. The van der Waals surface area contributed by atoms with Gasteiger partial charge in [-0.2, -0.15) is 0 Å². The minimum atomic E-state index is -1.08. The topological polar surface area (TPSA) is 133 Å². The van der Waals surface area contributed by atoms with Gasteiger partial charge >= 0.3 is 17.1 Å². The van der Waals surface area contributed by atoms with E-state index in [9.17, 15) is 0 Å². The zero-order chi connectivity index (χ0) is 12.7. The van der Waals surface area contributed by atoms with Crippen LogP contribution < -0.4 is 15.5 Å². The van der Waals surface area contributed by atoms with E-state index in [2.05, 4.69) is 5.32 Å². The summed E-state index contributed by atoms with van der Waals surface area (Å²) < 4.78 is 0. The Labute approximate surface area is 105 Å². The zero-order valence-electron chi connectivity index (χ0n) is 9.16. The van der Waals surface area contributed by atoms with Gasteiger partial charge in [0.05, 0.1) is 13.2 Å². The molecule has 0 saturated heterocycles. The molecule has 0 aromatic carbocycles. The molecule has 0 aliphatic heterocycles. The fourth-order valence-electron chi connectivity index (χ4n) is 0.283. The number of rotatable bonds is 4. The molecule has 0 aliphatic carbocycles. The van der Waals surface area contributed by atoms with Crippen molar-refractivity contribution in [2.75, 3.05) is 26.3 Å². The van der Waals surface area contributed by atoms with E-state index in [4.69, 9.17) is 30.0 Å². The number of carboxylic acids is 2. The third kappa shape index (κ3) is 182. The van der Waals surface area contributed by atoms with Gasteiger partial charge in [-0.15, -0.1) is 0 Å². The molecule has 0 atom stereocenters. The molecule has 0 unspecified atom stereocenters. The van der Waals surface area contributed by atoms with Gasteiger partial charge < -0.3 is 35.3 Å². The van der Waals surface area contributed by atoms with E-state index in [1.807, 2.05) is 0 Å². The van der Waals surface area contributed by atoms with Gasteiger partial charge in [-0.25, -0.2) is 0 Å². The van der Waals surface area contributed by atoms with Crippen LogP contribution >= 0.6 is 0 Å². The molecule has 8 heteroatoms. The Balaban J connectivity index is -0.0000000700. The van der Waals surface area contributed by atoms with Gasteiger partial charge in [0.2, 0.25) is 0 Å². The number of hydrogen-bond acceptors (Lipinski definition) is 7. The van der Waals surface area contributed by atoms with Crippen molar-refractivity contribution < 1.29 is 47.1 Å². The first-order valence-electron chi connectivity index (χ1n) is 4.16. The molecule has 0 heterocycles. The largest absolute Gasteiger partial charge is 2.00 e. The molecular weight excluding hydrogens is 270 g/mol. The summed E-state index contributed by atoms with van der Waals surface area (Å²) in [5.74, 6) is -2.17. The van der Waals surface area contributed by atoms with Crippen molar-refractivity contribution in [2.45, 2.75) is 13.8 Å². The molecule has 0 spiro atoms. The minimum Gasteiger partial charge on any atom is -0.550 e. The van der Waals surface area contributed by atoms with Crippen molar-refractivity contribution in [1.82, 2.24) is 5.32 Å². The van der Waals surface area contributed by atoms with Gasteiger partial charge in [-0.1, -0.05) is 0 Å². The van der Waals surface area contributed by atoms with Gasteiger partial charge in [-0.3, -0.25) is 0 Å². The Morgan fingerprint density at radius 3 is 1.31 bits per heavy atom. The summed E-state index contributed by atoms with van der Waals surface area (Å²) in [4.78, 5) is 17.8. The number of nitrogens with one attached hydrogen (secondary N) is 1. The molecule has 1 radical (unpaired) electrons. The summed E-state index contributed by atoms with van der Waals surface area (Å²) in [6.45, 7) is 3.36. The molecule has 0 amide bonds. The molecular formula is C8H17CuNO6. The second-order valence-electron chi connectivity index (χ2n) is 2.18. The average Bonchev–Trinajstić information content (AvgIpc) is 2.03. The first-order valence-corrected chi connectivity index (χ1v) is 4.16. The summed E-state index contributed by atoms with van der Waals surface area (Å²) in [6, 6.07) is 0. The predicted molar refractivity (Wildman–Crippen MR) is 48.4 cm³/mol. The maximum atomic E-state index is 8.89. The van der Waals surface area contributed by atoms with Gasteiger partial charge in [0.25, 0.3) is 0 Å². The van der Waals surface area contributed by atoms with Crippen LogP contribution in [0.15, 0.2) is 0 Å². The van der Waals surface area contributed by atoms with Crippen LogP contribution in [0, 0.1) is 0 Å². The second-order valence-corrected chi connectivity index (χ2v) is 2.18. The number of aliphatic hydroxyl groups excluding tert-OH is 2. The van der Waals surface area contributed by atoms with Crippen molar-refractivity contribution in [2.24, 2.45) is 0 Å². The standard InChI is InChI=1S/C4H11NO2.2C2H4O2.Cu/c6-3-1-5-2-4-7;2*1-2(3)4;/h5-7H,1-4H2;2*1H3,(H,3,4);/q;;;+2/p-2. The molecule has 0 bridgehead atoms. The van der Waals surface area contributed by atoms with E-state index < -0.39 is 11.9 Å². The SMILES string of the molecule is CC(=O)[O-].CC(=O)[O-].OCCNCCO.[Cu+2]. The van der Waals surface area contributed by atoms with Crippen LogP contribution in [0.25, 0.3) is 0 Å². The Morgan fingerprint density at radius 2 is 1.19 bits per heavy atom. The van der Waals surface area contributed by atoms with Crippen molar-refractivity contribution in [3.63, 3.8) is 0 Å². The predicted octanol–water partition coefficient (Wildman–Crippen LogP) is -3.93. The molecule has 101 valence electrons. The number of carbonyl (C=O) groups excluding carboxylic acids is 2. The van der Waals surface area contributed by atoms with E-state index >= 15 is 0 Å². The van der Waals surface area contributed by atoms with E-state index in [1.165, 1.54) is 0 Å². The normalized spacial score (nSPS) is 7.25. The molecule has 0 fully saturated rings. The van der Waals surface area contributed by atoms with Crippen molar-refractivity contribution in [1.29, 1.82) is 0 Å². The molecule has 0 aromatic heterocycles. The van der Waals surface area contributed by atoms with Crippen LogP contribution in [0.2, 0.25) is 0 Å².